The standard InChI is InChI=1S/C19H22FN5O2/c20-15-3-1-2-4-17(15)23-5-7-24(8-6-23)18-14-21-16(13-22-18)19(26)25-9-11-27-12-10-25/h1-4,13-14H,5-12H2. The van der Waals surface area contributed by atoms with E-state index < -0.39 is 0 Å². The zero-order valence-corrected chi connectivity index (χ0v) is 15.1. The second-order valence-corrected chi connectivity index (χ2v) is 6.59. The molecule has 7 nitrogen and oxygen atoms in total. The molecule has 0 unspecified atom stereocenters. The van der Waals surface area contributed by atoms with Crippen LogP contribution in [0.15, 0.2) is 36.7 Å². The molecule has 4 rings (SSSR count). The Balaban J connectivity index is 1.37. The summed E-state index contributed by atoms with van der Waals surface area (Å²) in [6.07, 6.45) is 3.18. The van der Waals surface area contributed by atoms with Crippen molar-refractivity contribution in [2.45, 2.75) is 0 Å². The first-order valence-electron chi connectivity index (χ1n) is 9.16. The van der Waals surface area contributed by atoms with Crippen LogP contribution in [0.4, 0.5) is 15.9 Å². The van der Waals surface area contributed by atoms with Crippen LogP contribution >= 0.6 is 0 Å². The quantitative estimate of drug-likeness (QED) is 0.813. The van der Waals surface area contributed by atoms with Gasteiger partial charge in [0.25, 0.3) is 5.91 Å². The van der Waals surface area contributed by atoms with Crippen molar-refractivity contribution in [1.82, 2.24) is 14.9 Å². The first-order chi connectivity index (χ1) is 13.2. The minimum Gasteiger partial charge on any atom is -0.378 e. The Morgan fingerprint density at radius 1 is 0.926 bits per heavy atom. The zero-order valence-electron chi connectivity index (χ0n) is 15.1. The molecule has 0 aliphatic carbocycles. The van der Waals surface area contributed by atoms with Gasteiger partial charge in [-0.25, -0.2) is 14.4 Å². The number of nitrogens with zero attached hydrogens (tertiary/aromatic N) is 5. The summed E-state index contributed by atoms with van der Waals surface area (Å²) < 4.78 is 19.2. The van der Waals surface area contributed by atoms with Crippen molar-refractivity contribution in [3.8, 4) is 0 Å². The van der Waals surface area contributed by atoms with E-state index in [1.807, 2.05) is 11.0 Å². The van der Waals surface area contributed by atoms with Gasteiger partial charge in [0.05, 0.1) is 31.3 Å². The van der Waals surface area contributed by atoms with Gasteiger partial charge in [-0.2, -0.15) is 0 Å². The first-order valence-corrected chi connectivity index (χ1v) is 9.16. The van der Waals surface area contributed by atoms with Crippen molar-refractivity contribution in [2.24, 2.45) is 0 Å². The highest BCUT2D eigenvalue weighted by Crippen LogP contribution is 2.21. The molecular formula is C19H22FN5O2. The average Bonchev–Trinajstić information content (AvgIpc) is 2.74. The van der Waals surface area contributed by atoms with Crippen LogP contribution in [0.25, 0.3) is 0 Å². The fourth-order valence-electron chi connectivity index (χ4n) is 3.41. The van der Waals surface area contributed by atoms with Crippen LogP contribution in [0.2, 0.25) is 0 Å². The number of ether oxygens (including phenoxy) is 1. The van der Waals surface area contributed by atoms with E-state index in [4.69, 9.17) is 4.74 Å². The number of amides is 1. The van der Waals surface area contributed by atoms with Crippen LogP contribution in [0, 0.1) is 5.82 Å². The number of hydrogen-bond donors (Lipinski definition) is 0. The molecule has 2 saturated heterocycles. The fraction of sp³-hybridized carbons (Fsp3) is 0.421. The number of para-hydroxylation sites is 1. The monoisotopic (exact) mass is 371 g/mol. The molecule has 2 aliphatic rings. The summed E-state index contributed by atoms with van der Waals surface area (Å²) in [6.45, 7) is 5.14. The highest BCUT2D eigenvalue weighted by molar-refractivity contribution is 5.92. The number of anilines is 2. The molecule has 2 aliphatic heterocycles. The molecule has 2 aromatic rings. The van der Waals surface area contributed by atoms with Crippen LogP contribution in [0.3, 0.4) is 0 Å². The van der Waals surface area contributed by atoms with Gasteiger partial charge in [0.2, 0.25) is 0 Å². The van der Waals surface area contributed by atoms with Gasteiger partial charge in [-0.05, 0) is 12.1 Å². The molecule has 1 amide bonds. The normalized spacial score (nSPS) is 17.9. The summed E-state index contributed by atoms with van der Waals surface area (Å²) in [7, 11) is 0. The molecule has 0 radical (unpaired) electrons. The molecule has 142 valence electrons. The van der Waals surface area contributed by atoms with E-state index in [1.165, 1.54) is 12.3 Å². The number of benzene rings is 1. The summed E-state index contributed by atoms with van der Waals surface area (Å²) >= 11 is 0. The number of piperazine rings is 1. The Morgan fingerprint density at radius 3 is 2.30 bits per heavy atom. The predicted octanol–water partition coefficient (Wildman–Crippen LogP) is 1.41. The predicted molar refractivity (Wildman–Crippen MR) is 99.6 cm³/mol. The number of rotatable bonds is 3. The summed E-state index contributed by atoms with van der Waals surface area (Å²) in [5, 5.41) is 0. The Bertz CT molecular complexity index is 787. The van der Waals surface area contributed by atoms with E-state index in [1.54, 1.807) is 23.2 Å². The number of aromatic nitrogens is 2. The summed E-state index contributed by atoms with van der Waals surface area (Å²) in [6, 6.07) is 6.83. The SMILES string of the molecule is O=C(c1cnc(N2CCN(c3ccccc3F)CC2)cn1)N1CCOCC1. The van der Waals surface area contributed by atoms with Gasteiger partial charge in [0, 0.05) is 39.3 Å². The van der Waals surface area contributed by atoms with Gasteiger partial charge >= 0.3 is 0 Å². The maximum atomic E-state index is 13.9. The van der Waals surface area contributed by atoms with Crippen LogP contribution < -0.4 is 9.80 Å². The molecule has 3 heterocycles. The van der Waals surface area contributed by atoms with Crippen molar-refractivity contribution in [2.75, 3.05) is 62.3 Å². The molecule has 0 bridgehead atoms. The largest absolute Gasteiger partial charge is 0.378 e. The van der Waals surface area contributed by atoms with E-state index >= 15 is 0 Å². The lowest BCUT2D eigenvalue weighted by molar-refractivity contribution is 0.0298. The topological polar surface area (TPSA) is 61.8 Å². The number of hydrogen-bond acceptors (Lipinski definition) is 6. The maximum Gasteiger partial charge on any atom is 0.274 e. The third-order valence-electron chi connectivity index (χ3n) is 4.95. The smallest absolute Gasteiger partial charge is 0.274 e. The van der Waals surface area contributed by atoms with Crippen molar-refractivity contribution in [3.05, 3.63) is 48.2 Å². The molecule has 0 N–H and O–H groups in total. The van der Waals surface area contributed by atoms with Crippen molar-refractivity contribution in [1.29, 1.82) is 0 Å². The van der Waals surface area contributed by atoms with Crippen molar-refractivity contribution >= 4 is 17.4 Å². The van der Waals surface area contributed by atoms with Gasteiger partial charge in [-0.15, -0.1) is 0 Å². The lowest BCUT2D eigenvalue weighted by atomic mass is 10.2. The van der Waals surface area contributed by atoms with Gasteiger partial charge in [0.1, 0.15) is 17.3 Å². The van der Waals surface area contributed by atoms with E-state index in [-0.39, 0.29) is 11.7 Å². The Kier molecular flexibility index (Phi) is 5.15. The van der Waals surface area contributed by atoms with Gasteiger partial charge in [-0.1, -0.05) is 12.1 Å². The molecule has 0 spiro atoms. The van der Waals surface area contributed by atoms with Crippen LogP contribution in [0.1, 0.15) is 10.5 Å². The molecule has 8 heteroatoms. The van der Waals surface area contributed by atoms with Gasteiger partial charge < -0.3 is 19.4 Å². The first kappa shape index (κ1) is 17.7. The third-order valence-corrected chi connectivity index (χ3v) is 4.95. The maximum absolute atomic E-state index is 13.9. The Hall–Kier alpha value is -2.74. The molecule has 1 aromatic carbocycles. The minimum absolute atomic E-state index is 0.110. The van der Waals surface area contributed by atoms with Gasteiger partial charge in [-0.3, -0.25) is 4.79 Å². The number of carbonyl (C=O) groups is 1. The minimum atomic E-state index is -0.197. The molecule has 1 aromatic heterocycles. The van der Waals surface area contributed by atoms with Gasteiger partial charge in [0.15, 0.2) is 0 Å². The van der Waals surface area contributed by atoms with E-state index in [2.05, 4.69) is 14.9 Å². The number of halogens is 1. The molecule has 0 atom stereocenters. The second-order valence-electron chi connectivity index (χ2n) is 6.59. The van der Waals surface area contributed by atoms with E-state index in [9.17, 15) is 9.18 Å². The van der Waals surface area contributed by atoms with Crippen LogP contribution in [0.5, 0.6) is 0 Å². The Labute approximate surface area is 157 Å². The van der Waals surface area contributed by atoms with Crippen LogP contribution in [-0.4, -0.2) is 73.3 Å². The lowest BCUT2D eigenvalue weighted by Crippen LogP contribution is -2.47. The summed E-state index contributed by atoms with van der Waals surface area (Å²) in [4.78, 5) is 27.0. The fourth-order valence-corrected chi connectivity index (χ4v) is 3.41. The molecular weight excluding hydrogens is 349 g/mol. The van der Waals surface area contributed by atoms with E-state index in [0.717, 1.165) is 18.9 Å². The third kappa shape index (κ3) is 3.85. The lowest BCUT2D eigenvalue weighted by Gasteiger charge is -2.36. The molecule has 27 heavy (non-hydrogen) atoms. The molecule has 2 fully saturated rings. The Morgan fingerprint density at radius 2 is 1.63 bits per heavy atom. The number of carbonyl (C=O) groups excluding carboxylic acids is 1. The highest BCUT2D eigenvalue weighted by Gasteiger charge is 2.22. The van der Waals surface area contributed by atoms with E-state index in [0.29, 0.717) is 50.8 Å². The highest BCUT2D eigenvalue weighted by atomic mass is 19.1. The summed E-state index contributed by atoms with van der Waals surface area (Å²) in [5.41, 5.74) is 0.986. The zero-order chi connectivity index (χ0) is 18.6. The second kappa shape index (κ2) is 7.87. The summed E-state index contributed by atoms with van der Waals surface area (Å²) in [5.74, 6) is 0.431. The average molecular weight is 371 g/mol. The van der Waals surface area contributed by atoms with Crippen LogP contribution in [-0.2, 0) is 4.74 Å². The van der Waals surface area contributed by atoms with Crippen molar-refractivity contribution in [3.63, 3.8) is 0 Å². The number of morpholine rings is 1. The van der Waals surface area contributed by atoms with Crippen molar-refractivity contribution < 1.29 is 13.9 Å². The molecule has 0 saturated carbocycles.